The summed E-state index contributed by atoms with van der Waals surface area (Å²) in [5.41, 5.74) is 1.38. The van der Waals surface area contributed by atoms with Gasteiger partial charge in [0, 0.05) is 43.3 Å². The van der Waals surface area contributed by atoms with Crippen molar-refractivity contribution in [3.8, 4) is 0 Å². The molecule has 2 aromatic heterocycles. The summed E-state index contributed by atoms with van der Waals surface area (Å²) in [6.07, 6.45) is 3.43. The largest absolute Gasteiger partial charge is 0.459 e. The Morgan fingerprint density at radius 3 is 2.41 bits per heavy atom. The summed E-state index contributed by atoms with van der Waals surface area (Å²) in [7, 11) is 0. The summed E-state index contributed by atoms with van der Waals surface area (Å²) in [6, 6.07) is 11.4. The molecule has 0 saturated carbocycles. The highest BCUT2D eigenvalue weighted by Gasteiger charge is 2.37. The molecule has 1 aromatic carbocycles. The van der Waals surface area contributed by atoms with E-state index in [1.165, 1.54) is 6.26 Å². The maximum absolute atomic E-state index is 13.3. The molecule has 0 atom stereocenters. The fraction of sp³-hybridized carbons (Fsp3) is 0.333. The van der Waals surface area contributed by atoms with Crippen LogP contribution < -0.4 is 0 Å². The van der Waals surface area contributed by atoms with Gasteiger partial charge < -0.3 is 19.2 Å². The quantitative estimate of drug-likeness (QED) is 0.776. The summed E-state index contributed by atoms with van der Waals surface area (Å²) in [5.74, 6) is 0.300. The molecule has 4 rings (SSSR count). The van der Waals surface area contributed by atoms with Gasteiger partial charge in [0.1, 0.15) is 0 Å². The first-order valence-electron chi connectivity index (χ1n) is 9.17. The minimum atomic E-state index is -0.646. The van der Waals surface area contributed by atoms with Gasteiger partial charge in [0.15, 0.2) is 5.76 Å². The van der Waals surface area contributed by atoms with Gasteiger partial charge in [-0.3, -0.25) is 9.59 Å². The number of fused-ring (bicyclic) bond motifs is 1. The van der Waals surface area contributed by atoms with E-state index in [-0.39, 0.29) is 11.8 Å². The molecule has 0 aliphatic carbocycles. The second-order valence-electron chi connectivity index (χ2n) is 7.43. The molecule has 3 heterocycles. The Kier molecular flexibility index (Phi) is 4.26. The Labute approximate surface area is 157 Å². The van der Waals surface area contributed by atoms with Crippen LogP contribution in [-0.2, 0) is 10.2 Å². The number of furan rings is 1. The molecule has 0 bridgehead atoms. The van der Waals surface area contributed by atoms with Crippen molar-refractivity contribution in [1.82, 2.24) is 14.8 Å². The van der Waals surface area contributed by atoms with Crippen molar-refractivity contribution in [3.05, 3.63) is 60.2 Å². The lowest BCUT2D eigenvalue weighted by molar-refractivity contribution is -0.137. The van der Waals surface area contributed by atoms with Crippen molar-refractivity contribution >= 4 is 22.7 Å². The molecule has 6 nitrogen and oxygen atoms in total. The van der Waals surface area contributed by atoms with E-state index in [4.69, 9.17) is 4.42 Å². The zero-order valence-electron chi connectivity index (χ0n) is 15.6. The number of aromatic amines is 1. The molecule has 1 fully saturated rings. The Morgan fingerprint density at radius 2 is 1.70 bits per heavy atom. The Bertz CT molecular complexity index is 964. The molecule has 0 radical (unpaired) electrons. The van der Waals surface area contributed by atoms with Crippen molar-refractivity contribution < 1.29 is 14.0 Å². The number of aromatic nitrogens is 1. The molecule has 1 aliphatic heterocycles. The molecular weight excluding hydrogens is 342 g/mol. The van der Waals surface area contributed by atoms with Gasteiger partial charge in [-0.2, -0.15) is 0 Å². The van der Waals surface area contributed by atoms with E-state index in [9.17, 15) is 9.59 Å². The van der Waals surface area contributed by atoms with E-state index in [1.807, 2.05) is 49.2 Å². The topological polar surface area (TPSA) is 69.6 Å². The van der Waals surface area contributed by atoms with Crippen LogP contribution in [-0.4, -0.2) is 52.8 Å². The zero-order chi connectivity index (χ0) is 19.0. The van der Waals surface area contributed by atoms with Crippen LogP contribution in [0.3, 0.4) is 0 Å². The number of hydrogen-bond donors (Lipinski definition) is 1. The van der Waals surface area contributed by atoms with Crippen LogP contribution >= 0.6 is 0 Å². The van der Waals surface area contributed by atoms with Gasteiger partial charge in [-0.15, -0.1) is 0 Å². The van der Waals surface area contributed by atoms with Gasteiger partial charge in [0.05, 0.1) is 11.7 Å². The number of hydrogen-bond acceptors (Lipinski definition) is 3. The summed E-state index contributed by atoms with van der Waals surface area (Å²) in [5, 5.41) is 1.07. The Balaban J connectivity index is 1.48. The molecule has 2 amide bonds. The SMILES string of the molecule is CC(C)(C(=O)N1CCN(C(=O)c2ccco2)CC1)c1c[nH]c2ccccc12. The fourth-order valence-corrected chi connectivity index (χ4v) is 3.77. The van der Waals surface area contributed by atoms with Crippen molar-refractivity contribution in [3.63, 3.8) is 0 Å². The summed E-state index contributed by atoms with van der Waals surface area (Å²) in [4.78, 5) is 32.5. The van der Waals surface area contributed by atoms with Gasteiger partial charge in [-0.05, 0) is 37.6 Å². The van der Waals surface area contributed by atoms with Crippen LogP contribution in [0.15, 0.2) is 53.3 Å². The fourth-order valence-electron chi connectivity index (χ4n) is 3.77. The van der Waals surface area contributed by atoms with Gasteiger partial charge in [0.25, 0.3) is 5.91 Å². The lowest BCUT2D eigenvalue weighted by Gasteiger charge is -2.38. The Hall–Kier alpha value is -3.02. The number of carbonyl (C=O) groups excluding carboxylic acids is 2. The second-order valence-corrected chi connectivity index (χ2v) is 7.43. The third-order valence-electron chi connectivity index (χ3n) is 5.38. The van der Waals surface area contributed by atoms with Crippen LogP contribution in [0, 0.1) is 0 Å². The molecular formula is C21H23N3O3. The standard InChI is InChI=1S/C21H23N3O3/c1-21(2,16-14-22-17-7-4-3-6-15(16)17)20(26)24-11-9-23(10-12-24)19(25)18-8-5-13-27-18/h3-8,13-14,22H,9-12H2,1-2H3. The third-order valence-corrected chi connectivity index (χ3v) is 5.38. The van der Waals surface area contributed by atoms with E-state index in [0.717, 1.165) is 16.5 Å². The van der Waals surface area contributed by atoms with E-state index >= 15 is 0 Å². The first kappa shape index (κ1) is 17.4. The van der Waals surface area contributed by atoms with Crippen molar-refractivity contribution in [1.29, 1.82) is 0 Å². The highest BCUT2D eigenvalue weighted by atomic mass is 16.3. The van der Waals surface area contributed by atoms with E-state index in [2.05, 4.69) is 4.98 Å². The summed E-state index contributed by atoms with van der Waals surface area (Å²) in [6.45, 7) is 6.00. The molecule has 140 valence electrons. The number of benzene rings is 1. The van der Waals surface area contributed by atoms with Gasteiger partial charge in [-0.25, -0.2) is 0 Å². The number of para-hydroxylation sites is 1. The molecule has 1 saturated heterocycles. The number of nitrogens with one attached hydrogen (secondary N) is 1. The van der Waals surface area contributed by atoms with Crippen LogP contribution in [0.1, 0.15) is 30.0 Å². The van der Waals surface area contributed by atoms with Crippen LogP contribution in [0.5, 0.6) is 0 Å². The van der Waals surface area contributed by atoms with Crippen LogP contribution in [0.25, 0.3) is 10.9 Å². The number of piperazine rings is 1. The average molecular weight is 365 g/mol. The van der Waals surface area contributed by atoms with Crippen molar-refractivity contribution in [2.24, 2.45) is 0 Å². The van der Waals surface area contributed by atoms with Gasteiger partial charge >= 0.3 is 0 Å². The third kappa shape index (κ3) is 3.01. The predicted octanol–water partition coefficient (Wildman–Crippen LogP) is 3.02. The molecule has 27 heavy (non-hydrogen) atoms. The maximum Gasteiger partial charge on any atom is 0.289 e. The van der Waals surface area contributed by atoms with Crippen molar-refractivity contribution in [2.45, 2.75) is 19.3 Å². The molecule has 6 heteroatoms. The van der Waals surface area contributed by atoms with Crippen LogP contribution in [0.4, 0.5) is 0 Å². The number of nitrogens with zero attached hydrogens (tertiary/aromatic N) is 2. The minimum Gasteiger partial charge on any atom is -0.459 e. The molecule has 0 spiro atoms. The number of amides is 2. The smallest absolute Gasteiger partial charge is 0.289 e. The normalized spacial score (nSPS) is 15.3. The molecule has 1 N–H and O–H groups in total. The van der Waals surface area contributed by atoms with Crippen molar-refractivity contribution in [2.75, 3.05) is 26.2 Å². The lowest BCUT2D eigenvalue weighted by atomic mass is 9.82. The van der Waals surface area contributed by atoms with E-state index in [1.54, 1.807) is 17.0 Å². The first-order chi connectivity index (χ1) is 13.0. The average Bonchev–Trinajstić information content (AvgIpc) is 3.37. The zero-order valence-corrected chi connectivity index (χ0v) is 15.6. The monoisotopic (exact) mass is 365 g/mol. The first-order valence-corrected chi connectivity index (χ1v) is 9.17. The number of carbonyl (C=O) groups is 2. The minimum absolute atomic E-state index is 0.0809. The second kappa shape index (κ2) is 6.61. The maximum atomic E-state index is 13.3. The summed E-state index contributed by atoms with van der Waals surface area (Å²) < 4.78 is 5.19. The molecule has 1 aliphatic rings. The molecule has 3 aromatic rings. The van der Waals surface area contributed by atoms with Crippen LogP contribution in [0.2, 0.25) is 0 Å². The lowest BCUT2D eigenvalue weighted by Crippen LogP contribution is -2.54. The highest BCUT2D eigenvalue weighted by Crippen LogP contribution is 2.32. The predicted molar refractivity (Wildman–Crippen MR) is 103 cm³/mol. The number of H-pyrrole nitrogens is 1. The molecule has 0 unspecified atom stereocenters. The summed E-state index contributed by atoms with van der Waals surface area (Å²) >= 11 is 0. The van der Waals surface area contributed by atoms with Gasteiger partial charge in [0.2, 0.25) is 5.91 Å². The Morgan fingerprint density at radius 1 is 1.00 bits per heavy atom. The van der Waals surface area contributed by atoms with E-state index in [0.29, 0.717) is 31.9 Å². The number of rotatable bonds is 3. The highest BCUT2D eigenvalue weighted by molar-refractivity contribution is 5.95. The van der Waals surface area contributed by atoms with E-state index < -0.39 is 5.41 Å². The van der Waals surface area contributed by atoms with Gasteiger partial charge in [-0.1, -0.05) is 18.2 Å².